The summed E-state index contributed by atoms with van der Waals surface area (Å²) in [5.41, 5.74) is 3.07. The van der Waals surface area contributed by atoms with Gasteiger partial charge in [0.05, 0.1) is 11.4 Å². The summed E-state index contributed by atoms with van der Waals surface area (Å²) in [7, 11) is 1.89. The van der Waals surface area contributed by atoms with Gasteiger partial charge in [-0.05, 0) is 18.7 Å². The van der Waals surface area contributed by atoms with Crippen molar-refractivity contribution in [3.63, 3.8) is 0 Å². The summed E-state index contributed by atoms with van der Waals surface area (Å²) < 4.78 is 26.2. The fourth-order valence-electron chi connectivity index (χ4n) is 2.04. The highest BCUT2D eigenvalue weighted by Crippen LogP contribution is 2.26. The maximum absolute atomic E-state index is 12.2. The smallest absolute Gasteiger partial charge is 0.247 e. The van der Waals surface area contributed by atoms with Crippen LogP contribution in [0.5, 0.6) is 0 Å². The van der Waals surface area contributed by atoms with Crippen LogP contribution >= 0.6 is 11.8 Å². The fraction of sp³-hybridized carbons (Fsp3) is 0.400. The molecule has 6 heteroatoms. The first-order valence-corrected chi connectivity index (χ1v) is 7.83. The van der Waals surface area contributed by atoms with Crippen LogP contribution in [0.25, 0.3) is 11.3 Å². The summed E-state index contributed by atoms with van der Waals surface area (Å²) in [6.07, 6.45) is -0.283. The fourth-order valence-corrected chi connectivity index (χ4v) is 2.68. The average Bonchev–Trinajstić information content (AvgIpc) is 2.84. The molecule has 0 aliphatic heterocycles. The Morgan fingerprint density at radius 2 is 2.00 bits per heavy atom. The molecular formula is C15H19F2N3S. The zero-order chi connectivity index (χ0) is 15.2. The van der Waals surface area contributed by atoms with Crippen molar-refractivity contribution in [2.75, 3.05) is 12.3 Å². The topological polar surface area (TPSA) is 29.9 Å². The average molecular weight is 311 g/mol. The standard InChI is InChI=1S/C15H19F2N3S/c1-3-18-8-12-9-20(2)19-15(12)11-4-6-13(7-5-11)21-10-14(16)17/h4-7,9,14,18H,3,8,10H2,1-2H3. The van der Waals surface area contributed by atoms with Crippen molar-refractivity contribution >= 4 is 11.8 Å². The monoisotopic (exact) mass is 311 g/mol. The predicted octanol–water partition coefficient (Wildman–Crippen LogP) is 3.55. The highest BCUT2D eigenvalue weighted by atomic mass is 32.2. The lowest BCUT2D eigenvalue weighted by Crippen LogP contribution is -2.11. The van der Waals surface area contributed by atoms with Crippen molar-refractivity contribution in [1.82, 2.24) is 15.1 Å². The molecule has 2 rings (SSSR count). The summed E-state index contributed by atoms with van der Waals surface area (Å²) in [5, 5.41) is 7.78. The Hall–Kier alpha value is -1.40. The first-order valence-electron chi connectivity index (χ1n) is 6.84. The lowest BCUT2D eigenvalue weighted by atomic mass is 10.1. The van der Waals surface area contributed by atoms with Gasteiger partial charge in [0.25, 0.3) is 0 Å². The van der Waals surface area contributed by atoms with Gasteiger partial charge in [-0.3, -0.25) is 4.68 Å². The molecule has 0 aliphatic carbocycles. The van der Waals surface area contributed by atoms with Crippen LogP contribution in [0.4, 0.5) is 8.78 Å². The molecule has 0 atom stereocenters. The molecule has 0 fully saturated rings. The molecule has 0 spiro atoms. The van der Waals surface area contributed by atoms with Crippen LogP contribution in [0.3, 0.4) is 0 Å². The molecule has 0 unspecified atom stereocenters. The van der Waals surface area contributed by atoms with Gasteiger partial charge >= 0.3 is 0 Å². The van der Waals surface area contributed by atoms with Gasteiger partial charge in [0, 0.05) is 35.8 Å². The van der Waals surface area contributed by atoms with E-state index in [-0.39, 0.29) is 5.75 Å². The van der Waals surface area contributed by atoms with Crippen LogP contribution < -0.4 is 5.32 Å². The Kier molecular flexibility index (Phi) is 5.76. The Morgan fingerprint density at radius 1 is 1.29 bits per heavy atom. The third kappa shape index (κ3) is 4.54. The number of aromatic nitrogens is 2. The van der Waals surface area contributed by atoms with E-state index in [9.17, 15) is 8.78 Å². The number of hydrogen-bond donors (Lipinski definition) is 1. The summed E-state index contributed by atoms with van der Waals surface area (Å²) in [6, 6.07) is 7.61. The van der Waals surface area contributed by atoms with Gasteiger partial charge in [-0.25, -0.2) is 8.78 Å². The Bertz CT molecular complexity index is 567. The molecular weight excluding hydrogens is 292 g/mol. The van der Waals surface area contributed by atoms with Crippen LogP contribution in [0.2, 0.25) is 0 Å². The maximum Gasteiger partial charge on any atom is 0.247 e. The SMILES string of the molecule is CCNCc1cn(C)nc1-c1ccc(SCC(F)F)cc1. The second-order valence-corrected chi connectivity index (χ2v) is 5.78. The lowest BCUT2D eigenvalue weighted by Gasteiger charge is -2.05. The van der Waals surface area contributed by atoms with Crippen LogP contribution in [0.15, 0.2) is 35.4 Å². The number of nitrogens with one attached hydrogen (secondary N) is 1. The van der Waals surface area contributed by atoms with Crippen LogP contribution in [-0.2, 0) is 13.6 Å². The van der Waals surface area contributed by atoms with Gasteiger partial charge in [-0.2, -0.15) is 5.10 Å². The van der Waals surface area contributed by atoms with Crippen molar-refractivity contribution in [3.8, 4) is 11.3 Å². The van der Waals surface area contributed by atoms with Gasteiger partial charge in [0.1, 0.15) is 0 Å². The second-order valence-electron chi connectivity index (χ2n) is 4.68. The third-order valence-corrected chi connectivity index (χ3v) is 4.00. The minimum atomic E-state index is -2.28. The number of thioether (sulfide) groups is 1. The van der Waals surface area contributed by atoms with Crippen LogP contribution in [0.1, 0.15) is 12.5 Å². The molecule has 0 saturated heterocycles. The first-order chi connectivity index (χ1) is 10.1. The van der Waals surface area contributed by atoms with Crippen molar-refractivity contribution in [2.24, 2.45) is 7.05 Å². The maximum atomic E-state index is 12.2. The van der Waals surface area contributed by atoms with Crippen molar-refractivity contribution in [3.05, 3.63) is 36.0 Å². The second kappa shape index (κ2) is 7.56. The molecule has 0 aliphatic rings. The third-order valence-electron chi connectivity index (χ3n) is 2.97. The molecule has 0 bridgehead atoms. The first kappa shape index (κ1) is 16.0. The molecule has 1 aromatic heterocycles. The van der Waals surface area contributed by atoms with E-state index in [1.807, 2.05) is 37.5 Å². The van der Waals surface area contributed by atoms with E-state index in [0.717, 1.165) is 34.8 Å². The minimum absolute atomic E-state index is 0.172. The van der Waals surface area contributed by atoms with E-state index in [1.165, 1.54) is 11.8 Å². The van der Waals surface area contributed by atoms with Crippen molar-refractivity contribution < 1.29 is 8.78 Å². The molecule has 1 heterocycles. The number of alkyl halides is 2. The Morgan fingerprint density at radius 3 is 2.62 bits per heavy atom. The summed E-state index contributed by atoms with van der Waals surface area (Å²) >= 11 is 1.17. The largest absolute Gasteiger partial charge is 0.313 e. The minimum Gasteiger partial charge on any atom is -0.313 e. The number of halogens is 2. The van der Waals surface area contributed by atoms with E-state index in [4.69, 9.17) is 0 Å². The molecule has 21 heavy (non-hydrogen) atoms. The van der Waals surface area contributed by atoms with Crippen molar-refractivity contribution in [2.45, 2.75) is 24.8 Å². The molecule has 1 N–H and O–H groups in total. The van der Waals surface area contributed by atoms with Gasteiger partial charge in [0.2, 0.25) is 6.43 Å². The number of nitrogens with zero attached hydrogens (tertiary/aromatic N) is 2. The van der Waals surface area contributed by atoms with E-state index < -0.39 is 6.43 Å². The number of rotatable bonds is 7. The lowest BCUT2D eigenvalue weighted by molar-refractivity contribution is 0.177. The zero-order valence-corrected chi connectivity index (χ0v) is 13.0. The van der Waals surface area contributed by atoms with Crippen LogP contribution in [0, 0.1) is 0 Å². The molecule has 0 saturated carbocycles. The van der Waals surface area contributed by atoms with E-state index in [1.54, 1.807) is 4.68 Å². The van der Waals surface area contributed by atoms with E-state index in [2.05, 4.69) is 17.3 Å². The normalized spacial score (nSPS) is 11.3. The Labute approximate surface area is 127 Å². The van der Waals surface area contributed by atoms with Gasteiger partial charge in [-0.15, -0.1) is 11.8 Å². The quantitative estimate of drug-likeness (QED) is 0.793. The van der Waals surface area contributed by atoms with Crippen molar-refractivity contribution in [1.29, 1.82) is 0 Å². The highest BCUT2D eigenvalue weighted by molar-refractivity contribution is 7.99. The zero-order valence-electron chi connectivity index (χ0n) is 12.1. The van der Waals surface area contributed by atoms with E-state index >= 15 is 0 Å². The molecule has 0 radical (unpaired) electrons. The number of benzene rings is 1. The summed E-state index contributed by atoms with van der Waals surface area (Å²) in [5.74, 6) is -0.172. The number of aryl methyl sites for hydroxylation is 1. The summed E-state index contributed by atoms with van der Waals surface area (Å²) in [6.45, 7) is 3.73. The van der Waals surface area contributed by atoms with Crippen LogP contribution in [-0.4, -0.2) is 28.5 Å². The molecule has 3 nitrogen and oxygen atoms in total. The van der Waals surface area contributed by atoms with Gasteiger partial charge in [0.15, 0.2) is 0 Å². The molecule has 0 amide bonds. The van der Waals surface area contributed by atoms with E-state index in [0.29, 0.717) is 0 Å². The van der Waals surface area contributed by atoms with Gasteiger partial charge in [-0.1, -0.05) is 19.1 Å². The molecule has 114 valence electrons. The predicted molar refractivity (Wildman–Crippen MR) is 82.8 cm³/mol. The molecule has 1 aromatic carbocycles. The number of hydrogen-bond acceptors (Lipinski definition) is 3. The summed E-state index contributed by atoms with van der Waals surface area (Å²) in [4.78, 5) is 0.850. The Balaban J connectivity index is 2.14. The highest BCUT2D eigenvalue weighted by Gasteiger charge is 2.10. The molecule has 2 aromatic rings. The van der Waals surface area contributed by atoms with Gasteiger partial charge < -0.3 is 5.32 Å².